The maximum absolute atomic E-state index is 9.75. The molecule has 0 atom stereocenters. The number of aromatic nitrogens is 2. The SMILES string of the molecule is O=[N+]([O-])[O-].O=[N+]([O-])[O-].ON(CCc1ccccn1)CCc1ccccn1.[Ni+3].[OH3+]. The topological polar surface area (TPSA) is 215 Å². The van der Waals surface area contributed by atoms with E-state index in [0.29, 0.717) is 13.1 Å². The minimum atomic E-state index is -1.75. The fraction of sp³-hybridized carbons (Fsp3) is 0.286. The van der Waals surface area contributed by atoms with Crippen LogP contribution < -0.4 is 0 Å². The van der Waals surface area contributed by atoms with Crippen molar-refractivity contribution >= 4 is 0 Å². The monoisotopic (exact) mass is 444 g/mol. The maximum atomic E-state index is 9.75. The van der Waals surface area contributed by atoms with Crippen molar-refractivity contribution < 1.29 is 37.3 Å². The van der Waals surface area contributed by atoms with E-state index in [-0.39, 0.29) is 22.0 Å². The third-order valence-electron chi connectivity index (χ3n) is 2.70. The van der Waals surface area contributed by atoms with E-state index < -0.39 is 10.2 Å². The molecule has 0 aliphatic carbocycles. The largest absolute Gasteiger partial charge is 3.00 e. The molecule has 4 N–H and O–H groups in total. The Morgan fingerprint density at radius 1 is 0.821 bits per heavy atom. The number of rotatable bonds is 6. The summed E-state index contributed by atoms with van der Waals surface area (Å²) in [6.45, 7) is 1.17. The first-order chi connectivity index (χ1) is 12.3. The van der Waals surface area contributed by atoms with Gasteiger partial charge in [-0.15, -0.1) is 0 Å². The summed E-state index contributed by atoms with van der Waals surface area (Å²) in [5.41, 5.74) is 1.99. The second-order valence-electron chi connectivity index (χ2n) is 4.54. The first kappa shape index (κ1) is 29.8. The summed E-state index contributed by atoms with van der Waals surface area (Å²) < 4.78 is 0. The Kier molecular flexibility index (Phi) is 20.1. The van der Waals surface area contributed by atoms with Crippen molar-refractivity contribution in [2.45, 2.75) is 12.8 Å². The molecule has 0 aliphatic heterocycles. The van der Waals surface area contributed by atoms with Gasteiger partial charge in [-0.3, -0.25) is 9.97 Å². The van der Waals surface area contributed by atoms with Crippen LogP contribution in [0.5, 0.6) is 0 Å². The molecular formula is C14H20N5NiO8+2. The predicted molar refractivity (Wildman–Crippen MR) is 94.8 cm³/mol. The Balaban J connectivity index is -0.000000537. The van der Waals surface area contributed by atoms with E-state index in [0.717, 1.165) is 24.2 Å². The molecule has 0 saturated heterocycles. The van der Waals surface area contributed by atoms with Gasteiger partial charge in [0.1, 0.15) is 0 Å². The molecule has 13 nitrogen and oxygen atoms in total. The van der Waals surface area contributed by atoms with Crippen LogP contribution in [0.25, 0.3) is 0 Å². The van der Waals surface area contributed by atoms with E-state index in [1.54, 1.807) is 12.4 Å². The average molecular weight is 445 g/mol. The molecule has 0 spiro atoms. The Morgan fingerprint density at radius 3 is 1.39 bits per heavy atom. The van der Waals surface area contributed by atoms with Gasteiger partial charge in [-0.05, 0) is 24.3 Å². The van der Waals surface area contributed by atoms with Crippen LogP contribution in [-0.2, 0) is 34.8 Å². The van der Waals surface area contributed by atoms with Gasteiger partial charge in [-0.1, -0.05) is 12.1 Å². The minimum absolute atomic E-state index is 0. The molecular weight excluding hydrogens is 425 g/mol. The zero-order valence-corrected chi connectivity index (χ0v) is 15.5. The summed E-state index contributed by atoms with van der Waals surface area (Å²) in [6.07, 6.45) is 5.04. The van der Waals surface area contributed by atoms with Crippen molar-refractivity contribution in [3.8, 4) is 0 Å². The first-order valence-corrected chi connectivity index (χ1v) is 7.18. The van der Waals surface area contributed by atoms with Gasteiger partial charge in [-0.25, -0.2) is 0 Å². The Morgan fingerprint density at radius 2 is 1.14 bits per heavy atom. The summed E-state index contributed by atoms with van der Waals surface area (Å²) in [5.74, 6) is 0. The van der Waals surface area contributed by atoms with E-state index in [4.69, 9.17) is 30.6 Å². The third-order valence-corrected chi connectivity index (χ3v) is 2.70. The number of pyridine rings is 2. The number of hydrogen-bond acceptors (Lipinski definition) is 10. The molecule has 2 aromatic heterocycles. The number of hydroxylamine groups is 2. The second kappa shape index (κ2) is 18.9. The summed E-state index contributed by atoms with van der Waals surface area (Å²) in [7, 11) is 0. The van der Waals surface area contributed by atoms with Gasteiger partial charge < -0.3 is 41.3 Å². The van der Waals surface area contributed by atoms with E-state index in [1.165, 1.54) is 5.06 Å². The van der Waals surface area contributed by atoms with Gasteiger partial charge in [0.2, 0.25) is 0 Å². The van der Waals surface area contributed by atoms with Crippen molar-refractivity contribution in [3.63, 3.8) is 0 Å². The fourth-order valence-electron chi connectivity index (χ4n) is 1.69. The molecule has 0 unspecified atom stereocenters. The zero-order chi connectivity index (χ0) is 19.8. The molecule has 14 heteroatoms. The molecule has 0 amide bonds. The Labute approximate surface area is 169 Å². The molecule has 2 heterocycles. The Hall–Kier alpha value is -2.93. The molecule has 0 aliphatic rings. The van der Waals surface area contributed by atoms with Gasteiger partial charge in [0, 0.05) is 49.7 Å². The molecule has 0 bridgehead atoms. The molecule has 0 saturated carbocycles. The van der Waals surface area contributed by atoms with Crippen LogP contribution in [0.3, 0.4) is 0 Å². The zero-order valence-electron chi connectivity index (χ0n) is 14.5. The number of hydrogen-bond donors (Lipinski definition) is 1. The molecule has 2 aromatic rings. The van der Waals surface area contributed by atoms with E-state index in [9.17, 15) is 5.21 Å². The van der Waals surface area contributed by atoms with Gasteiger partial charge in [-0.2, -0.15) is 5.06 Å². The van der Waals surface area contributed by atoms with Crippen molar-refractivity contribution in [3.05, 3.63) is 90.8 Å². The van der Waals surface area contributed by atoms with Crippen LogP contribution in [0.4, 0.5) is 0 Å². The second-order valence-corrected chi connectivity index (χ2v) is 4.54. The van der Waals surface area contributed by atoms with E-state index >= 15 is 0 Å². The number of nitrogens with zero attached hydrogens (tertiary/aromatic N) is 5. The smallest absolute Gasteiger partial charge is 0.457 e. The van der Waals surface area contributed by atoms with Crippen LogP contribution in [0.1, 0.15) is 11.4 Å². The van der Waals surface area contributed by atoms with Crippen LogP contribution in [0.15, 0.2) is 48.8 Å². The summed E-state index contributed by atoms with van der Waals surface area (Å²) in [4.78, 5) is 24.9. The van der Waals surface area contributed by atoms with Crippen LogP contribution in [-0.4, -0.2) is 43.5 Å². The molecule has 157 valence electrons. The van der Waals surface area contributed by atoms with Crippen molar-refractivity contribution in [2.24, 2.45) is 0 Å². The predicted octanol–water partition coefficient (Wildman–Crippen LogP) is 0.550. The van der Waals surface area contributed by atoms with Crippen molar-refractivity contribution in [1.29, 1.82) is 0 Å². The van der Waals surface area contributed by atoms with Crippen molar-refractivity contribution in [1.82, 2.24) is 15.0 Å². The first-order valence-electron chi connectivity index (χ1n) is 7.18. The summed E-state index contributed by atoms with van der Waals surface area (Å²) in [6, 6.07) is 11.6. The third kappa shape index (κ3) is 21.1. The maximum Gasteiger partial charge on any atom is 3.00 e. The molecule has 0 aromatic carbocycles. The summed E-state index contributed by atoms with van der Waals surface area (Å²) in [5, 5.41) is 40.6. The van der Waals surface area contributed by atoms with Crippen LogP contribution >= 0.6 is 0 Å². The van der Waals surface area contributed by atoms with Crippen molar-refractivity contribution in [2.75, 3.05) is 13.1 Å². The van der Waals surface area contributed by atoms with E-state index in [2.05, 4.69) is 9.97 Å². The normalized spacial score (nSPS) is 8.64. The fourth-order valence-corrected chi connectivity index (χ4v) is 1.69. The molecule has 1 radical (unpaired) electrons. The minimum Gasteiger partial charge on any atom is -0.457 e. The van der Waals surface area contributed by atoms with E-state index in [1.807, 2.05) is 36.4 Å². The van der Waals surface area contributed by atoms with Gasteiger partial charge in [0.15, 0.2) is 0 Å². The van der Waals surface area contributed by atoms with Gasteiger partial charge >= 0.3 is 16.5 Å². The molecule has 28 heavy (non-hydrogen) atoms. The van der Waals surface area contributed by atoms with Crippen LogP contribution in [0.2, 0.25) is 0 Å². The van der Waals surface area contributed by atoms with Crippen LogP contribution in [0, 0.1) is 30.6 Å². The standard InChI is InChI=1S/C14H17N3O.2NO3.Ni.H2O/c18-17(11-7-13-5-1-3-9-15-13)12-8-14-6-2-4-10-16-14;2*2-1(3)4;;/h1-6,9-10,18H,7-8,11-12H2;;;;1H2/q;2*-1;+3;/p+1. The molecule has 2 rings (SSSR count). The average Bonchev–Trinajstić information content (AvgIpc) is 2.59. The van der Waals surface area contributed by atoms with Gasteiger partial charge in [0.05, 0.1) is 10.2 Å². The molecule has 0 fully saturated rings. The summed E-state index contributed by atoms with van der Waals surface area (Å²) >= 11 is 0. The van der Waals surface area contributed by atoms with Gasteiger partial charge in [0.25, 0.3) is 0 Å². The quantitative estimate of drug-likeness (QED) is 0.282. The Bertz CT molecular complexity index is 575.